The van der Waals surface area contributed by atoms with Crippen LogP contribution in [-0.2, 0) is 6.61 Å². The van der Waals surface area contributed by atoms with E-state index < -0.39 is 8.07 Å². The van der Waals surface area contributed by atoms with E-state index in [0.717, 1.165) is 61.3 Å². The van der Waals surface area contributed by atoms with Crippen LogP contribution in [0.15, 0.2) is 193 Å². The number of furan rings is 1. The molecular formula is C51H38N2O2Si. The van der Waals surface area contributed by atoms with Crippen LogP contribution in [0.25, 0.3) is 56.0 Å². The van der Waals surface area contributed by atoms with Crippen LogP contribution in [0.3, 0.4) is 0 Å². The molecule has 1 aliphatic rings. The first-order chi connectivity index (χ1) is 27.6. The molecule has 268 valence electrons. The number of fused-ring (bicyclic) bond motifs is 6. The lowest BCUT2D eigenvalue weighted by atomic mass is 9.98. The van der Waals surface area contributed by atoms with E-state index in [4.69, 9.17) is 14.1 Å². The first-order valence-electron chi connectivity index (χ1n) is 19.0. The molecule has 2 aromatic heterocycles. The van der Waals surface area contributed by atoms with Gasteiger partial charge in [0.1, 0.15) is 18.0 Å². The number of aromatic nitrogens is 2. The van der Waals surface area contributed by atoms with Crippen LogP contribution < -0.4 is 25.5 Å². The predicted octanol–water partition coefficient (Wildman–Crippen LogP) is 9.88. The third-order valence-electron chi connectivity index (χ3n) is 11.2. The molecule has 1 aliphatic heterocycles. The highest BCUT2D eigenvalue weighted by atomic mass is 28.3. The Kier molecular flexibility index (Phi) is 8.23. The Morgan fingerprint density at radius 3 is 2.04 bits per heavy atom. The molecule has 0 unspecified atom stereocenters. The molecule has 5 heteroatoms. The van der Waals surface area contributed by atoms with E-state index >= 15 is 0 Å². The number of hydrogen-bond acceptors (Lipinski definition) is 3. The van der Waals surface area contributed by atoms with Crippen molar-refractivity contribution in [2.24, 2.45) is 0 Å². The second-order valence-corrected chi connectivity index (χ2v) is 18.1. The molecule has 0 N–H and O–H groups in total. The van der Waals surface area contributed by atoms with Gasteiger partial charge in [-0.3, -0.25) is 4.57 Å². The second-order valence-electron chi connectivity index (χ2n) is 14.3. The summed E-state index contributed by atoms with van der Waals surface area (Å²) < 4.78 is 14.7. The molecule has 9 aromatic rings. The second kappa shape index (κ2) is 13.7. The van der Waals surface area contributed by atoms with Gasteiger partial charge in [0.15, 0.2) is 8.07 Å². The number of aryl methyl sites for hydroxylation is 1. The van der Waals surface area contributed by atoms with Crippen molar-refractivity contribution in [3.8, 4) is 34.0 Å². The number of hydrogen-bond donors (Lipinski definition) is 0. The summed E-state index contributed by atoms with van der Waals surface area (Å²) in [4.78, 5) is 4.75. The molecule has 0 saturated carbocycles. The smallest absolute Gasteiger partial charge is 0.302 e. The lowest BCUT2D eigenvalue weighted by molar-refractivity contribution is 0.266. The van der Waals surface area contributed by atoms with Gasteiger partial charge in [0, 0.05) is 16.5 Å². The summed E-state index contributed by atoms with van der Waals surface area (Å²) in [5.74, 6) is 0.892. The zero-order chi connectivity index (χ0) is 37.6. The van der Waals surface area contributed by atoms with E-state index in [9.17, 15) is 0 Å². The summed E-state index contributed by atoms with van der Waals surface area (Å²) in [6, 6.07) is 62.6. The molecule has 10 rings (SSSR count). The summed E-state index contributed by atoms with van der Waals surface area (Å²) >= 11 is 0. The molecule has 0 amide bonds. The maximum absolute atomic E-state index is 6.30. The Labute approximate surface area is 327 Å². The van der Waals surface area contributed by atoms with Crippen molar-refractivity contribution in [3.63, 3.8) is 0 Å². The van der Waals surface area contributed by atoms with Gasteiger partial charge in [-0.2, -0.15) is 4.98 Å². The Balaban J connectivity index is 1.17. The Bertz CT molecular complexity index is 2920. The monoisotopic (exact) mass is 738 g/mol. The minimum Gasteiger partial charge on any atom is -0.461 e. The van der Waals surface area contributed by atoms with Gasteiger partial charge in [-0.05, 0) is 80.3 Å². The minimum atomic E-state index is -2.91. The summed E-state index contributed by atoms with van der Waals surface area (Å²) in [7, 11) is -2.91. The molecule has 0 aliphatic carbocycles. The number of benzene rings is 7. The molecule has 0 fully saturated rings. The molecule has 0 atom stereocenters. The fourth-order valence-corrected chi connectivity index (χ4v) is 13.5. The molecule has 0 saturated heterocycles. The van der Waals surface area contributed by atoms with Crippen LogP contribution in [0.2, 0.25) is 0 Å². The minimum absolute atomic E-state index is 0.472. The largest absolute Gasteiger partial charge is 0.461 e. The maximum Gasteiger partial charge on any atom is 0.302 e. The third kappa shape index (κ3) is 5.39. The SMILES string of the molecule is C=C/C=C\c1c(C)oc2cccc(-c3cccc([Si](c4ccccc4)(c4ccccc4)c4cccc(-c5ccc6c(c5)COc5nc7ccccc7n5-6)c4)c3)c12. The van der Waals surface area contributed by atoms with Gasteiger partial charge in [-0.15, -0.1) is 0 Å². The van der Waals surface area contributed by atoms with Gasteiger partial charge in [0.2, 0.25) is 0 Å². The molecule has 0 bridgehead atoms. The summed E-state index contributed by atoms with van der Waals surface area (Å²) in [6.45, 7) is 6.42. The lowest BCUT2D eigenvalue weighted by Crippen LogP contribution is -2.74. The first-order valence-corrected chi connectivity index (χ1v) is 21.0. The fraction of sp³-hybridized carbons (Fsp3) is 0.0392. The summed E-state index contributed by atoms with van der Waals surface area (Å²) in [5.41, 5.74) is 10.8. The van der Waals surface area contributed by atoms with Gasteiger partial charge in [-0.1, -0.05) is 164 Å². The normalized spacial score (nSPS) is 12.4. The average Bonchev–Trinajstić information content (AvgIpc) is 3.81. The standard InChI is InChI=1S/C51H38N2O2Si/c1-3-4-24-44-35(2)55-49-28-15-25-45(50(44)49)38-17-14-23-43(33-38)56(40-18-7-5-8-19-40,41-20-9-6-10-21-41)42-22-13-16-36(32-42)37-29-30-47-39(31-37)34-54-51-52-46-26-11-12-27-48(46)53(47)51/h3-33H,1,34H2,2H3/b24-4-. The van der Waals surface area contributed by atoms with Crippen LogP contribution in [-0.4, -0.2) is 17.6 Å². The fourth-order valence-electron chi connectivity index (χ4n) is 8.70. The van der Waals surface area contributed by atoms with Crippen LogP contribution in [0.1, 0.15) is 16.9 Å². The molecule has 0 spiro atoms. The zero-order valence-electron chi connectivity index (χ0n) is 31.0. The van der Waals surface area contributed by atoms with Crippen molar-refractivity contribution < 1.29 is 9.15 Å². The summed E-state index contributed by atoms with van der Waals surface area (Å²) in [6.07, 6.45) is 5.89. The first kappa shape index (κ1) is 33.6. The van der Waals surface area contributed by atoms with Crippen LogP contribution in [0, 0.1) is 6.92 Å². The molecule has 3 heterocycles. The van der Waals surface area contributed by atoms with E-state index in [2.05, 4.69) is 175 Å². The molecule has 56 heavy (non-hydrogen) atoms. The highest BCUT2D eigenvalue weighted by molar-refractivity contribution is 7.20. The van der Waals surface area contributed by atoms with Gasteiger partial charge < -0.3 is 9.15 Å². The number of allylic oxidation sites excluding steroid dienone is 2. The topological polar surface area (TPSA) is 40.2 Å². The number of rotatable bonds is 8. The average molecular weight is 739 g/mol. The molecule has 7 aromatic carbocycles. The van der Waals surface area contributed by atoms with Crippen molar-refractivity contribution in [1.29, 1.82) is 0 Å². The van der Waals surface area contributed by atoms with Crippen molar-refractivity contribution >= 4 is 56.9 Å². The van der Waals surface area contributed by atoms with E-state index in [1.165, 1.54) is 26.3 Å². The highest BCUT2D eigenvalue weighted by Gasteiger charge is 2.42. The van der Waals surface area contributed by atoms with Crippen molar-refractivity contribution in [2.75, 3.05) is 0 Å². The van der Waals surface area contributed by atoms with Crippen molar-refractivity contribution in [3.05, 3.63) is 205 Å². The van der Waals surface area contributed by atoms with Crippen LogP contribution in [0.4, 0.5) is 0 Å². The Hall–Kier alpha value is -6.95. The van der Waals surface area contributed by atoms with E-state index in [1.807, 2.05) is 31.2 Å². The zero-order valence-corrected chi connectivity index (χ0v) is 32.0. The molecular weight excluding hydrogens is 701 g/mol. The Morgan fingerprint density at radius 1 is 0.643 bits per heavy atom. The van der Waals surface area contributed by atoms with Gasteiger partial charge >= 0.3 is 6.01 Å². The van der Waals surface area contributed by atoms with E-state index in [-0.39, 0.29) is 0 Å². The van der Waals surface area contributed by atoms with Gasteiger partial charge in [0.05, 0.1) is 16.7 Å². The van der Waals surface area contributed by atoms with E-state index in [1.54, 1.807) is 0 Å². The highest BCUT2D eigenvalue weighted by Crippen LogP contribution is 2.37. The number of imidazole rings is 1. The number of para-hydroxylation sites is 2. The van der Waals surface area contributed by atoms with Crippen molar-refractivity contribution in [2.45, 2.75) is 13.5 Å². The van der Waals surface area contributed by atoms with Crippen LogP contribution in [0.5, 0.6) is 6.01 Å². The predicted molar refractivity (Wildman–Crippen MR) is 234 cm³/mol. The van der Waals surface area contributed by atoms with Crippen LogP contribution >= 0.6 is 0 Å². The molecule has 0 radical (unpaired) electrons. The van der Waals surface area contributed by atoms with Gasteiger partial charge in [0.25, 0.3) is 0 Å². The molecule has 4 nitrogen and oxygen atoms in total. The third-order valence-corrected chi connectivity index (χ3v) is 15.9. The number of nitrogens with zero attached hydrogens (tertiary/aromatic N) is 2. The number of ether oxygens (including phenoxy) is 1. The summed E-state index contributed by atoms with van der Waals surface area (Å²) in [5, 5.41) is 6.38. The maximum atomic E-state index is 6.30. The Morgan fingerprint density at radius 2 is 1.29 bits per heavy atom. The van der Waals surface area contributed by atoms with Crippen molar-refractivity contribution in [1.82, 2.24) is 9.55 Å². The quantitative estimate of drug-likeness (QED) is 0.0886. The lowest BCUT2D eigenvalue weighted by Gasteiger charge is -2.35. The van der Waals surface area contributed by atoms with Gasteiger partial charge in [-0.25, -0.2) is 0 Å². The van der Waals surface area contributed by atoms with E-state index in [0.29, 0.717) is 12.6 Å².